The summed E-state index contributed by atoms with van der Waals surface area (Å²) in [5.74, 6) is 0.672. The molecule has 2 rings (SSSR count). The van der Waals surface area contributed by atoms with Crippen molar-refractivity contribution in [1.82, 2.24) is 10.6 Å². The molecule has 1 amide bonds. The lowest BCUT2D eigenvalue weighted by molar-refractivity contribution is -0.114. The maximum atomic E-state index is 12.0. The average molecular weight is 474 g/mol. The zero-order valence-electron chi connectivity index (χ0n) is 15.8. The molecule has 1 aliphatic carbocycles. The minimum absolute atomic E-state index is 0. The molecule has 1 fully saturated rings. The van der Waals surface area contributed by atoms with E-state index in [0.29, 0.717) is 23.1 Å². The van der Waals surface area contributed by atoms with E-state index in [2.05, 4.69) is 34.8 Å². The Labute approximate surface area is 173 Å². The fourth-order valence-electron chi connectivity index (χ4n) is 2.95. The van der Waals surface area contributed by atoms with E-state index >= 15 is 0 Å². The van der Waals surface area contributed by atoms with Crippen LogP contribution in [-0.4, -0.2) is 36.1 Å². The van der Waals surface area contributed by atoms with Crippen LogP contribution in [0.25, 0.3) is 0 Å². The standard InChI is InChI=1S/C19H30N4O2.HI/c1-4-20-18(23-15-9-11-19(2,3)12-10-15)21-13-17(25)22-14-5-7-16(24)8-6-14;/h5-8,15,24H,4,9-13H2,1-3H3,(H,22,25)(H2,20,21,23);1H. The highest BCUT2D eigenvalue weighted by atomic mass is 127. The van der Waals surface area contributed by atoms with Crippen molar-refractivity contribution in [2.24, 2.45) is 10.4 Å². The van der Waals surface area contributed by atoms with Crippen molar-refractivity contribution >= 4 is 41.5 Å². The SMILES string of the molecule is CCNC(=NCC(=O)Nc1ccc(O)cc1)NC1CCC(C)(C)CC1.I. The number of hydrogen-bond acceptors (Lipinski definition) is 3. The number of phenolic OH excluding ortho intramolecular Hbond substituents is 1. The molecule has 146 valence electrons. The molecule has 1 saturated carbocycles. The summed E-state index contributed by atoms with van der Waals surface area (Å²) in [4.78, 5) is 16.4. The second kappa shape index (κ2) is 10.6. The van der Waals surface area contributed by atoms with Gasteiger partial charge in [-0.3, -0.25) is 4.79 Å². The lowest BCUT2D eigenvalue weighted by atomic mass is 9.75. The van der Waals surface area contributed by atoms with Crippen molar-refractivity contribution in [2.75, 3.05) is 18.4 Å². The average Bonchev–Trinajstić information content (AvgIpc) is 2.57. The second-order valence-electron chi connectivity index (χ2n) is 7.37. The summed E-state index contributed by atoms with van der Waals surface area (Å²) in [5, 5.41) is 18.7. The number of nitrogens with one attached hydrogen (secondary N) is 3. The van der Waals surface area contributed by atoms with Gasteiger partial charge in [0.05, 0.1) is 0 Å². The van der Waals surface area contributed by atoms with E-state index in [-0.39, 0.29) is 42.2 Å². The number of hydrogen-bond donors (Lipinski definition) is 4. The van der Waals surface area contributed by atoms with E-state index in [1.807, 2.05) is 6.92 Å². The molecule has 7 heteroatoms. The predicted octanol–water partition coefficient (Wildman–Crippen LogP) is 3.47. The summed E-state index contributed by atoms with van der Waals surface area (Å²) >= 11 is 0. The van der Waals surface area contributed by atoms with Gasteiger partial charge in [0.2, 0.25) is 5.91 Å². The molecule has 0 aliphatic heterocycles. The van der Waals surface area contributed by atoms with Crippen LogP contribution in [0, 0.1) is 5.41 Å². The molecule has 26 heavy (non-hydrogen) atoms. The summed E-state index contributed by atoms with van der Waals surface area (Å²) in [6.07, 6.45) is 4.64. The van der Waals surface area contributed by atoms with E-state index in [9.17, 15) is 9.90 Å². The van der Waals surface area contributed by atoms with Crippen LogP contribution in [0.15, 0.2) is 29.3 Å². The largest absolute Gasteiger partial charge is 0.508 e. The number of rotatable bonds is 5. The molecule has 4 N–H and O–H groups in total. The van der Waals surface area contributed by atoms with Gasteiger partial charge in [-0.05, 0) is 62.3 Å². The first-order chi connectivity index (χ1) is 11.9. The third kappa shape index (κ3) is 7.80. The Bertz CT molecular complexity index is 592. The Morgan fingerprint density at radius 2 is 1.85 bits per heavy atom. The molecule has 0 heterocycles. The predicted molar refractivity (Wildman–Crippen MR) is 117 cm³/mol. The van der Waals surface area contributed by atoms with Gasteiger partial charge in [0.25, 0.3) is 0 Å². The number of carbonyl (C=O) groups excluding carboxylic acids is 1. The number of phenols is 1. The lowest BCUT2D eigenvalue weighted by Crippen LogP contribution is -2.46. The van der Waals surface area contributed by atoms with Crippen molar-refractivity contribution < 1.29 is 9.90 Å². The monoisotopic (exact) mass is 474 g/mol. The summed E-state index contributed by atoms with van der Waals surface area (Å²) in [6, 6.07) is 6.80. The molecule has 0 aromatic heterocycles. The smallest absolute Gasteiger partial charge is 0.246 e. The Balaban J connectivity index is 0.00000338. The van der Waals surface area contributed by atoms with Gasteiger partial charge in [0.1, 0.15) is 12.3 Å². The van der Waals surface area contributed by atoms with Crippen molar-refractivity contribution in [3.63, 3.8) is 0 Å². The van der Waals surface area contributed by atoms with E-state index in [4.69, 9.17) is 0 Å². The van der Waals surface area contributed by atoms with Gasteiger partial charge in [0.15, 0.2) is 5.96 Å². The summed E-state index contributed by atoms with van der Waals surface area (Å²) < 4.78 is 0. The lowest BCUT2D eigenvalue weighted by Gasteiger charge is -2.35. The Kier molecular flexibility index (Phi) is 9.18. The Hall–Kier alpha value is -1.51. The molecular weight excluding hydrogens is 443 g/mol. The molecule has 0 unspecified atom stereocenters. The van der Waals surface area contributed by atoms with Gasteiger partial charge in [-0.1, -0.05) is 13.8 Å². The maximum absolute atomic E-state index is 12.0. The van der Waals surface area contributed by atoms with Crippen molar-refractivity contribution in [2.45, 2.75) is 52.5 Å². The number of aliphatic imine (C=N–C) groups is 1. The van der Waals surface area contributed by atoms with Crippen molar-refractivity contribution in [3.8, 4) is 5.75 Å². The van der Waals surface area contributed by atoms with Crippen LogP contribution in [0.4, 0.5) is 5.69 Å². The van der Waals surface area contributed by atoms with Crippen LogP contribution in [0.2, 0.25) is 0 Å². The minimum Gasteiger partial charge on any atom is -0.508 e. The van der Waals surface area contributed by atoms with Crippen LogP contribution in [0.3, 0.4) is 0 Å². The van der Waals surface area contributed by atoms with Crippen LogP contribution >= 0.6 is 24.0 Å². The van der Waals surface area contributed by atoms with Crippen LogP contribution in [0.1, 0.15) is 46.5 Å². The fourth-order valence-corrected chi connectivity index (χ4v) is 2.95. The number of anilines is 1. The van der Waals surface area contributed by atoms with Crippen LogP contribution in [0.5, 0.6) is 5.75 Å². The van der Waals surface area contributed by atoms with Crippen molar-refractivity contribution in [3.05, 3.63) is 24.3 Å². The summed E-state index contributed by atoms with van der Waals surface area (Å²) in [5.41, 5.74) is 1.07. The molecular formula is C19H31IN4O2. The highest BCUT2D eigenvalue weighted by Gasteiger charge is 2.27. The number of carbonyl (C=O) groups is 1. The second-order valence-corrected chi connectivity index (χ2v) is 7.37. The molecule has 0 bridgehead atoms. The molecule has 0 atom stereocenters. The fraction of sp³-hybridized carbons (Fsp3) is 0.579. The molecule has 1 aliphatic rings. The van der Waals surface area contributed by atoms with Gasteiger partial charge in [-0.15, -0.1) is 24.0 Å². The molecule has 0 saturated heterocycles. The zero-order chi connectivity index (χ0) is 18.3. The molecule has 0 spiro atoms. The topological polar surface area (TPSA) is 85.8 Å². The van der Waals surface area contributed by atoms with E-state index in [0.717, 1.165) is 19.4 Å². The van der Waals surface area contributed by atoms with E-state index in [1.54, 1.807) is 12.1 Å². The number of nitrogens with zero attached hydrogens (tertiary/aromatic N) is 1. The summed E-state index contributed by atoms with van der Waals surface area (Å²) in [7, 11) is 0. The van der Waals surface area contributed by atoms with Gasteiger partial charge in [0, 0.05) is 18.3 Å². The number of benzene rings is 1. The maximum Gasteiger partial charge on any atom is 0.246 e. The highest BCUT2D eigenvalue weighted by molar-refractivity contribution is 14.0. The Morgan fingerprint density at radius 1 is 1.23 bits per heavy atom. The van der Waals surface area contributed by atoms with Crippen LogP contribution < -0.4 is 16.0 Å². The van der Waals surface area contributed by atoms with Crippen molar-refractivity contribution in [1.29, 1.82) is 0 Å². The van der Waals surface area contributed by atoms with Crippen LogP contribution in [-0.2, 0) is 4.79 Å². The molecule has 1 aromatic carbocycles. The normalized spacial score (nSPS) is 17.1. The first kappa shape index (κ1) is 22.5. The first-order valence-electron chi connectivity index (χ1n) is 9.02. The molecule has 6 nitrogen and oxygen atoms in total. The zero-order valence-corrected chi connectivity index (χ0v) is 18.2. The minimum atomic E-state index is -0.187. The number of amides is 1. The number of guanidine groups is 1. The third-order valence-corrected chi connectivity index (χ3v) is 4.56. The van der Waals surface area contributed by atoms with Gasteiger partial charge >= 0.3 is 0 Å². The third-order valence-electron chi connectivity index (χ3n) is 4.56. The molecule has 1 aromatic rings. The first-order valence-corrected chi connectivity index (χ1v) is 9.02. The number of aromatic hydroxyl groups is 1. The van der Waals surface area contributed by atoms with Gasteiger partial charge in [-0.25, -0.2) is 4.99 Å². The quantitative estimate of drug-likeness (QED) is 0.228. The highest BCUT2D eigenvalue weighted by Crippen LogP contribution is 2.34. The van der Waals surface area contributed by atoms with Gasteiger partial charge in [-0.2, -0.15) is 0 Å². The number of halogens is 1. The van der Waals surface area contributed by atoms with E-state index in [1.165, 1.54) is 25.0 Å². The Morgan fingerprint density at radius 3 is 2.42 bits per heavy atom. The molecule has 0 radical (unpaired) electrons. The van der Waals surface area contributed by atoms with E-state index < -0.39 is 0 Å². The van der Waals surface area contributed by atoms with Gasteiger partial charge < -0.3 is 21.1 Å². The summed E-state index contributed by atoms with van der Waals surface area (Å²) in [6.45, 7) is 7.45.